The van der Waals surface area contributed by atoms with Crippen molar-refractivity contribution in [3.8, 4) is 0 Å². The zero-order valence-electron chi connectivity index (χ0n) is 7.91. The molecule has 0 unspecified atom stereocenters. The van der Waals surface area contributed by atoms with Crippen molar-refractivity contribution in [1.29, 1.82) is 0 Å². The molecular formula is C10H18O3. The lowest BCUT2D eigenvalue weighted by atomic mass is 9.98. The second-order valence-corrected chi connectivity index (χ2v) is 3.49. The van der Waals surface area contributed by atoms with Gasteiger partial charge in [0.15, 0.2) is 0 Å². The summed E-state index contributed by atoms with van der Waals surface area (Å²) >= 11 is 0. The Balaban J connectivity index is 2.26. The quantitative estimate of drug-likeness (QED) is 0.649. The standard InChI is InChI=1S/C10H18O3/c11-6-9(7-12)8-13-10-4-2-1-3-5-10/h8,10-12H,1-7H2. The zero-order valence-corrected chi connectivity index (χ0v) is 7.91. The summed E-state index contributed by atoms with van der Waals surface area (Å²) < 4.78 is 5.44. The highest BCUT2D eigenvalue weighted by molar-refractivity contribution is 4.97. The van der Waals surface area contributed by atoms with E-state index in [4.69, 9.17) is 14.9 Å². The maximum absolute atomic E-state index is 8.75. The van der Waals surface area contributed by atoms with Crippen LogP contribution in [0.4, 0.5) is 0 Å². The molecule has 0 aromatic heterocycles. The number of hydrogen-bond acceptors (Lipinski definition) is 3. The summed E-state index contributed by atoms with van der Waals surface area (Å²) in [5, 5.41) is 17.5. The molecule has 0 amide bonds. The number of hydrogen-bond donors (Lipinski definition) is 2. The Morgan fingerprint density at radius 2 is 1.77 bits per heavy atom. The zero-order chi connectivity index (χ0) is 9.52. The first-order chi connectivity index (χ1) is 6.36. The molecule has 0 radical (unpaired) electrons. The fourth-order valence-electron chi connectivity index (χ4n) is 1.52. The van der Waals surface area contributed by atoms with E-state index >= 15 is 0 Å². The van der Waals surface area contributed by atoms with Gasteiger partial charge in [-0.3, -0.25) is 0 Å². The van der Waals surface area contributed by atoms with Crippen molar-refractivity contribution in [2.75, 3.05) is 13.2 Å². The van der Waals surface area contributed by atoms with E-state index in [1.54, 1.807) is 0 Å². The minimum Gasteiger partial charge on any atom is -0.498 e. The molecule has 3 heteroatoms. The molecule has 3 nitrogen and oxygen atoms in total. The van der Waals surface area contributed by atoms with E-state index in [1.807, 2.05) is 0 Å². The maximum atomic E-state index is 8.75. The van der Waals surface area contributed by atoms with Gasteiger partial charge in [0.25, 0.3) is 0 Å². The summed E-state index contributed by atoms with van der Waals surface area (Å²) in [7, 11) is 0. The SMILES string of the molecule is OCC(=COC1CCCCC1)CO. The summed E-state index contributed by atoms with van der Waals surface area (Å²) in [5.74, 6) is 0. The lowest BCUT2D eigenvalue weighted by Crippen LogP contribution is -2.14. The predicted octanol–water partition coefficient (Wildman–Crippen LogP) is 1.20. The average Bonchev–Trinajstić information content (AvgIpc) is 2.21. The first kappa shape index (κ1) is 10.5. The highest BCUT2D eigenvalue weighted by Gasteiger charge is 2.12. The molecule has 0 saturated heterocycles. The van der Waals surface area contributed by atoms with Crippen molar-refractivity contribution in [3.63, 3.8) is 0 Å². The van der Waals surface area contributed by atoms with Gasteiger partial charge in [0.2, 0.25) is 0 Å². The van der Waals surface area contributed by atoms with Crippen LogP contribution in [-0.2, 0) is 4.74 Å². The Labute approximate surface area is 79.0 Å². The van der Waals surface area contributed by atoms with Crippen molar-refractivity contribution >= 4 is 0 Å². The van der Waals surface area contributed by atoms with E-state index in [-0.39, 0.29) is 13.2 Å². The minimum atomic E-state index is -0.122. The maximum Gasteiger partial charge on any atom is 0.0978 e. The third kappa shape index (κ3) is 3.79. The molecule has 0 aromatic rings. The van der Waals surface area contributed by atoms with Crippen LogP contribution in [-0.4, -0.2) is 29.5 Å². The average molecular weight is 186 g/mol. The second kappa shape index (κ2) is 6.00. The lowest BCUT2D eigenvalue weighted by Gasteiger charge is -2.21. The molecule has 0 atom stereocenters. The van der Waals surface area contributed by atoms with E-state index in [9.17, 15) is 0 Å². The molecule has 0 heterocycles. The molecular weight excluding hydrogens is 168 g/mol. The second-order valence-electron chi connectivity index (χ2n) is 3.49. The Kier molecular flexibility index (Phi) is 4.86. The number of ether oxygens (including phenoxy) is 1. The van der Waals surface area contributed by atoms with Gasteiger partial charge in [0, 0.05) is 5.57 Å². The van der Waals surface area contributed by atoms with Gasteiger partial charge in [-0.25, -0.2) is 0 Å². The van der Waals surface area contributed by atoms with Crippen molar-refractivity contribution in [2.45, 2.75) is 38.2 Å². The normalized spacial score (nSPS) is 18.3. The molecule has 13 heavy (non-hydrogen) atoms. The van der Waals surface area contributed by atoms with Crippen LogP contribution in [0.25, 0.3) is 0 Å². The summed E-state index contributed by atoms with van der Waals surface area (Å²) in [5.41, 5.74) is 0.547. The fourth-order valence-corrected chi connectivity index (χ4v) is 1.52. The number of aliphatic hydroxyl groups is 2. The lowest BCUT2D eigenvalue weighted by molar-refractivity contribution is 0.101. The van der Waals surface area contributed by atoms with Gasteiger partial charge in [0.05, 0.1) is 25.6 Å². The van der Waals surface area contributed by atoms with Crippen LogP contribution in [0.15, 0.2) is 11.8 Å². The van der Waals surface area contributed by atoms with Gasteiger partial charge in [0.1, 0.15) is 0 Å². The Bertz CT molecular complexity index is 154. The van der Waals surface area contributed by atoms with Crippen molar-refractivity contribution in [1.82, 2.24) is 0 Å². The molecule has 2 N–H and O–H groups in total. The van der Waals surface area contributed by atoms with Crippen molar-refractivity contribution < 1.29 is 14.9 Å². The van der Waals surface area contributed by atoms with E-state index < -0.39 is 0 Å². The summed E-state index contributed by atoms with van der Waals surface area (Å²) in [6, 6.07) is 0. The third-order valence-electron chi connectivity index (χ3n) is 2.39. The van der Waals surface area contributed by atoms with E-state index in [1.165, 1.54) is 25.5 Å². The Hall–Kier alpha value is -0.540. The van der Waals surface area contributed by atoms with Crippen LogP contribution in [0.1, 0.15) is 32.1 Å². The van der Waals surface area contributed by atoms with Crippen LogP contribution in [0.5, 0.6) is 0 Å². The summed E-state index contributed by atoms with van der Waals surface area (Å²) in [6.45, 7) is -0.244. The summed E-state index contributed by atoms with van der Waals surface area (Å²) in [4.78, 5) is 0. The molecule has 1 fully saturated rings. The molecule has 0 spiro atoms. The van der Waals surface area contributed by atoms with E-state index in [0.717, 1.165) is 12.8 Å². The van der Waals surface area contributed by atoms with Crippen molar-refractivity contribution in [2.24, 2.45) is 0 Å². The van der Waals surface area contributed by atoms with Gasteiger partial charge in [-0.1, -0.05) is 6.42 Å². The van der Waals surface area contributed by atoms with Gasteiger partial charge in [-0.15, -0.1) is 0 Å². The Morgan fingerprint density at radius 3 is 2.31 bits per heavy atom. The highest BCUT2D eigenvalue weighted by Crippen LogP contribution is 2.20. The number of aliphatic hydroxyl groups excluding tert-OH is 2. The van der Waals surface area contributed by atoms with Crippen LogP contribution in [0, 0.1) is 0 Å². The van der Waals surface area contributed by atoms with E-state index in [2.05, 4.69) is 0 Å². The first-order valence-corrected chi connectivity index (χ1v) is 4.92. The molecule has 1 aliphatic carbocycles. The van der Waals surface area contributed by atoms with Crippen LogP contribution in [0.3, 0.4) is 0 Å². The molecule has 0 bridgehead atoms. The van der Waals surface area contributed by atoms with E-state index in [0.29, 0.717) is 11.7 Å². The fraction of sp³-hybridized carbons (Fsp3) is 0.800. The highest BCUT2D eigenvalue weighted by atomic mass is 16.5. The molecule has 1 saturated carbocycles. The van der Waals surface area contributed by atoms with Gasteiger partial charge in [-0.05, 0) is 25.7 Å². The molecule has 1 rings (SSSR count). The molecule has 0 aliphatic heterocycles. The topological polar surface area (TPSA) is 49.7 Å². The third-order valence-corrected chi connectivity index (χ3v) is 2.39. The van der Waals surface area contributed by atoms with Crippen molar-refractivity contribution in [3.05, 3.63) is 11.8 Å². The number of rotatable bonds is 4. The molecule has 0 aromatic carbocycles. The molecule has 1 aliphatic rings. The minimum absolute atomic E-state index is 0.122. The predicted molar refractivity (Wildman–Crippen MR) is 50.2 cm³/mol. The van der Waals surface area contributed by atoms with Crippen LogP contribution < -0.4 is 0 Å². The smallest absolute Gasteiger partial charge is 0.0978 e. The monoisotopic (exact) mass is 186 g/mol. The van der Waals surface area contributed by atoms with Crippen LogP contribution in [0.2, 0.25) is 0 Å². The Morgan fingerprint density at radius 1 is 1.15 bits per heavy atom. The van der Waals surface area contributed by atoms with Crippen LogP contribution >= 0.6 is 0 Å². The largest absolute Gasteiger partial charge is 0.498 e. The van der Waals surface area contributed by atoms with Gasteiger partial charge >= 0.3 is 0 Å². The molecule has 76 valence electrons. The van der Waals surface area contributed by atoms with Gasteiger partial charge < -0.3 is 14.9 Å². The summed E-state index contributed by atoms with van der Waals surface area (Å²) in [6.07, 6.45) is 7.76. The first-order valence-electron chi connectivity index (χ1n) is 4.92. The van der Waals surface area contributed by atoms with Gasteiger partial charge in [-0.2, -0.15) is 0 Å².